The Hall–Kier alpha value is -1.52. The number of nitrogens with zero attached hydrogens (tertiary/aromatic N) is 1. The Balaban J connectivity index is 2.97. The molecular formula is C16H22F3NO. The molecule has 0 bridgehead atoms. The maximum atomic E-state index is 12.7. The van der Waals surface area contributed by atoms with Crippen molar-refractivity contribution in [2.24, 2.45) is 5.41 Å². The van der Waals surface area contributed by atoms with E-state index in [0.717, 1.165) is 16.9 Å². The molecule has 0 saturated heterocycles. The predicted octanol–water partition coefficient (Wildman–Crippen LogP) is 4.30. The van der Waals surface area contributed by atoms with Gasteiger partial charge in [0.05, 0.1) is 0 Å². The Bertz CT molecular complexity index is 456. The fourth-order valence-corrected chi connectivity index (χ4v) is 2.05. The summed E-state index contributed by atoms with van der Waals surface area (Å²) in [6.45, 7) is 6.24. The molecule has 2 nitrogen and oxygen atoms in total. The van der Waals surface area contributed by atoms with Gasteiger partial charge in [0.15, 0.2) is 0 Å². The summed E-state index contributed by atoms with van der Waals surface area (Å²) in [6.07, 6.45) is -3.58. The summed E-state index contributed by atoms with van der Waals surface area (Å²) in [7, 11) is 0. The minimum absolute atomic E-state index is 0.0564. The van der Waals surface area contributed by atoms with Crippen LogP contribution < -0.4 is 0 Å². The molecule has 0 aliphatic heterocycles. The molecule has 1 amide bonds. The standard InChI is InChI=1S/C16H22F3NO/c1-5-12-6-8-13(9-7-12)14(21)20(10-15(2,3)4)11-16(17,18)19/h6-9H,5,10-11H2,1-4H3. The molecule has 0 atom stereocenters. The summed E-state index contributed by atoms with van der Waals surface area (Å²) in [6, 6.07) is 6.73. The number of hydrogen-bond donors (Lipinski definition) is 0. The van der Waals surface area contributed by atoms with Crippen molar-refractivity contribution in [1.82, 2.24) is 4.90 Å². The normalized spacial score (nSPS) is 12.3. The van der Waals surface area contributed by atoms with Gasteiger partial charge in [-0.15, -0.1) is 0 Å². The van der Waals surface area contributed by atoms with Crippen LogP contribution in [-0.2, 0) is 6.42 Å². The van der Waals surface area contributed by atoms with Gasteiger partial charge in [-0.1, -0.05) is 39.8 Å². The lowest BCUT2D eigenvalue weighted by molar-refractivity contribution is -0.142. The zero-order chi connectivity index (χ0) is 16.3. The van der Waals surface area contributed by atoms with Crippen LogP contribution in [0.2, 0.25) is 0 Å². The summed E-state index contributed by atoms with van der Waals surface area (Å²) in [4.78, 5) is 13.2. The first kappa shape index (κ1) is 17.5. The van der Waals surface area contributed by atoms with E-state index in [-0.39, 0.29) is 6.54 Å². The van der Waals surface area contributed by atoms with Crippen molar-refractivity contribution in [1.29, 1.82) is 0 Å². The molecule has 0 unspecified atom stereocenters. The molecule has 0 aromatic heterocycles. The molecule has 1 aromatic carbocycles. The second kappa shape index (κ2) is 6.50. The van der Waals surface area contributed by atoms with Gasteiger partial charge in [-0.2, -0.15) is 13.2 Å². The van der Waals surface area contributed by atoms with Gasteiger partial charge in [0.1, 0.15) is 6.54 Å². The predicted molar refractivity (Wildman–Crippen MR) is 77.2 cm³/mol. The molecule has 0 radical (unpaired) electrons. The van der Waals surface area contributed by atoms with E-state index in [9.17, 15) is 18.0 Å². The van der Waals surface area contributed by atoms with Crippen molar-refractivity contribution in [2.45, 2.75) is 40.3 Å². The van der Waals surface area contributed by atoms with Gasteiger partial charge >= 0.3 is 6.18 Å². The molecule has 0 spiro atoms. The smallest absolute Gasteiger partial charge is 0.329 e. The lowest BCUT2D eigenvalue weighted by Crippen LogP contribution is -2.43. The number of hydrogen-bond acceptors (Lipinski definition) is 1. The number of halogens is 3. The molecule has 0 fully saturated rings. The van der Waals surface area contributed by atoms with Crippen molar-refractivity contribution in [3.63, 3.8) is 0 Å². The van der Waals surface area contributed by atoms with Crippen molar-refractivity contribution in [3.05, 3.63) is 35.4 Å². The van der Waals surface area contributed by atoms with Crippen LogP contribution in [0.3, 0.4) is 0 Å². The third-order valence-corrected chi connectivity index (χ3v) is 2.93. The van der Waals surface area contributed by atoms with Gasteiger partial charge in [0.25, 0.3) is 5.91 Å². The lowest BCUT2D eigenvalue weighted by atomic mass is 9.95. The Morgan fingerprint density at radius 2 is 1.57 bits per heavy atom. The van der Waals surface area contributed by atoms with Gasteiger partial charge in [-0.3, -0.25) is 4.79 Å². The van der Waals surface area contributed by atoms with E-state index in [0.29, 0.717) is 5.56 Å². The highest BCUT2D eigenvalue weighted by molar-refractivity contribution is 5.94. The van der Waals surface area contributed by atoms with Gasteiger partial charge < -0.3 is 4.90 Å². The molecule has 0 aliphatic carbocycles. The van der Waals surface area contributed by atoms with E-state index < -0.39 is 24.0 Å². The molecule has 1 aromatic rings. The van der Waals surface area contributed by atoms with Crippen molar-refractivity contribution < 1.29 is 18.0 Å². The minimum atomic E-state index is -4.40. The number of rotatable bonds is 4. The quantitative estimate of drug-likeness (QED) is 0.812. The molecule has 0 N–H and O–H groups in total. The Labute approximate surface area is 123 Å². The van der Waals surface area contributed by atoms with E-state index in [4.69, 9.17) is 0 Å². The number of aryl methyl sites for hydroxylation is 1. The molecule has 1 rings (SSSR count). The zero-order valence-corrected chi connectivity index (χ0v) is 12.9. The fraction of sp³-hybridized carbons (Fsp3) is 0.562. The second-order valence-corrected chi connectivity index (χ2v) is 6.39. The van der Waals surface area contributed by atoms with Crippen molar-refractivity contribution >= 4 is 5.91 Å². The Morgan fingerprint density at radius 1 is 1.05 bits per heavy atom. The third-order valence-electron chi connectivity index (χ3n) is 2.93. The lowest BCUT2D eigenvalue weighted by Gasteiger charge is -2.30. The largest absolute Gasteiger partial charge is 0.406 e. The summed E-state index contributed by atoms with van der Waals surface area (Å²) in [5.74, 6) is -0.579. The van der Waals surface area contributed by atoms with Gasteiger partial charge in [-0.05, 0) is 29.5 Å². The van der Waals surface area contributed by atoms with E-state index in [1.54, 1.807) is 24.3 Å². The van der Waals surface area contributed by atoms with Crippen LogP contribution in [0.4, 0.5) is 13.2 Å². The van der Waals surface area contributed by atoms with E-state index in [1.165, 1.54) is 0 Å². The maximum absolute atomic E-state index is 12.7. The molecular weight excluding hydrogens is 279 g/mol. The van der Waals surface area contributed by atoms with Crippen molar-refractivity contribution in [3.8, 4) is 0 Å². The number of carbonyl (C=O) groups is 1. The van der Waals surface area contributed by atoms with Gasteiger partial charge in [-0.25, -0.2) is 0 Å². The minimum Gasteiger partial charge on any atom is -0.329 e. The van der Waals surface area contributed by atoms with E-state index >= 15 is 0 Å². The van der Waals surface area contributed by atoms with Crippen LogP contribution >= 0.6 is 0 Å². The zero-order valence-electron chi connectivity index (χ0n) is 12.9. The number of amides is 1. The molecule has 5 heteroatoms. The molecule has 0 heterocycles. The molecule has 118 valence electrons. The summed E-state index contributed by atoms with van der Waals surface area (Å²) in [5.41, 5.74) is 0.940. The van der Waals surface area contributed by atoms with E-state index in [1.807, 2.05) is 27.7 Å². The maximum Gasteiger partial charge on any atom is 0.406 e. The first-order valence-corrected chi connectivity index (χ1v) is 6.97. The average Bonchev–Trinajstić information content (AvgIpc) is 2.34. The van der Waals surface area contributed by atoms with Crippen LogP contribution in [0, 0.1) is 5.41 Å². The van der Waals surface area contributed by atoms with Crippen LogP contribution in [0.15, 0.2) is 24.3 Å². The first-order valence-electron chi connectivity index (χ1n) is 6.97. The van der Waals surface area contributed by atoms with Gasteiger partial charge in [0, 0.05) is 12.1 Å². The number of carbonyl (C=O) groups excluding carboxylic acids is 1. The Morgan fingerprint density at radius 3 is 1.95 bits per heavy atom. The van der Waals surface area contributed by atoms with E-state index in [2.05, 4.69) is 0 Å². The van der Waals surface area contributed by atoms with Crippen molar-refractivity contribution in [2.75, 3.05) is 13.1 Å². The van der Waals surface area contributed by atoms with Crippen LogP contribution in [-0.4, -0.2) is 30.1 Å². The van der Waals surface area contributed by atoms with Crippen LogP contribution in [0.1, 0.15) is 43.6 Å². The first-order chi connectivity index (χ1) is 9.52. The highest BCUT2D eigenvalue weighted by atomic mass is 19.4. The highest BCUT2D eigenvalue weighted by Gasteiger charge is 2.35. The third kappa shape index (κ3) is 6.19. The molecule has 21 heavy (non-hydrogen) atoms. The fourth-order valence-electron chi connectivity index (χ4n) is 2.05. The molecule has 0 aliphatic rings. The topological polar surface area (TPSA) is 20.3 Å². The van der Waals surface area contributed by atoms with Gasteiger partial charge in [0.2, 0.25) is 0 Å². The Kier molecular flexibility index (Phi) is 5.42. The second-order valence-electron chi connectivity index (χ2n) is 6.39. The number of alkyl halides is 3. The summed E-state index contributed by atoms with van der Waals surface area (Å²) < 4.78 is 38.0. The monoisotopic (exact) mass is 301 g/mol. The average molecular weight is 301 g/mol. The SMILES string of the molecule is CCc1ccc(C(=O)N(CC(C)(C)C)CC(F)(F)F)cc1. The summed E-state index contributed by atoms with van der Waals surface area (Å²) in [5, 5.41) is 0. The number of benzene rings is 1. The van der Waals surface area contributed by atoms with Crippen LogP contribution in [0.25, 0.3) is 0 Å². The van der Waals surface area contributed by atoms with Crippen LogP contribution in [0.5, 0.6) is 0 Å². The highest BCUT2D eigenvalue weighted by Crippen LogP contribution is 2.23. The molecule has 0 saturated carbocycles. The summed E-state index contributed by atoms with van der Waals surface area (Å²) >= 11 is 0.